The van der Waals surface area contributed by atoms with Gasteiger partial charge in [0.2, 0.25) is 0 Å². The lowest BCUT2D eigenvalue weighted by Crippen LogP contribution is -2.38. The third-order valence-electron chi connectivity index (χ3n) is 3.88. The number of nitrogens with one attached hydrogen (secondary N) is 1. The summed E-state index contributed by atoms with van der Waals surface area (Å²) in [6.07, 6.45) is 8.81. The molecule has 3 rings (SSSR count). The van der Waals surface area contributed by atoms with Gasteiger partial charge in [-0.1, -0.05) is 6.08 Å². The van der Waals surface area contributed by atoms with Crippen molar-refractivity contribution >= 4 is 6.08 Å². The lowest BCUT2D eigenvalue weighted by molar-refractivity contribution is 0.568. The van der Waals surface area contributed by atoms with Gasteiger partial charge in [0.25, 0.3) is 0 Å². The SMILES string of the molecule is CNC1CC=c2c3c(n(C)c2=N1)CCCC3. The van der Waals surface area contributed by atoms with Crippen LogP contribution in [0.25, 0.3) is 6.08 Å². The molecule has 0 saturated heterocycles. The monoisotopic (exact) mass is 217 g/mol. The average molecular weight is 217 g/mol. The molecule has 0 fully saturated rings. The lowest BCUT2D eigenvalue weighted by atomic mass is 9.96. The average Bonchev–Trinajstić information content (AvgIpc) is 2.64. The Kier molecular flexibility index (Phi) is 2.36. The van der Waals surface area contributed by atoms with Gasteiger partial charge in [0.15, 0.2) is 0 Å². The van der Waals surface area contributed by atoms with Gasteiger partial charge >= 0.3 is 0 Å². The number of nitrogens with zero attached hydrogens (tertiary/aromatic N) is 2. The summed E-state index contributed by atoms with van der Waals surface area (Å²) in [5.74, 6) is 0. The number of hydrogen-bond donors (Lipinski definition) is 1. The second-order valence-electron chi connectivity index (χ2n) is 4.80. The summed E-state index contributed by atoms with van der Waals surface area (Å²) in [5.41, 5.74) is 4.28. The first-order chi connectivity index (χ1) is 7.81. The van der Waals surface area contributed by atoms with Gasteiger partial charge in [-0.2, -0.15) is 0 Å². The molecule has 1 aromatic heterocycles. The van der Waals surface area contributed by atoms with Crippen LogP contribution in [0.3, 0.4) is 0 Å². The molecule has 0 spiro atoms. The van der Waals surface area contributed by atoms with Crippen LogP contribution < -0.4 is 16.0 Å². The lowest BCUT2D eigenvalue weighted by Gasteiger charge is -2.12. The van der Waals surface area contributed by atoms with Gasteiger partial charge in [-0.15, -0.1) is 0 Å². The zero-order valence-corrected chi connectivity index (χ0v) is 10.1. The zero-order valence-electron chi connectivity index (χ0n) is 10.1. The van der Waals surface area contributed by atoms with Crippen LogP contribution in [-0.4, -0.2) is 17.8 Å². The predicted octanol–water partition coefficient (Wildman–Crippen LogP) is 0.253. The highest BCUT2D eigenvalue weighted by molar-refractivity contribution is 5.36. The summed E-state index contributed by atoms with van der Waals surface area (Å²) in [7, 11) is 4.15. The summed E-state index contributed by atoms with van der Waals surface area (Å²) in [5, 5.41) is 4.66. The van der Waals surface area contributed by atoms with Gasteiger partial charge in [0.05, 0.1) is 0 Å². The van der Waals surface area contributed by atoms with E-state index in [4.69, 9.17) is 4.99 Å². The van der Waals surface area contributed by atoms with E-state index in [0.29, 0.717) is 0 Å². The minimum absolute atomic E-state index is 0.266. The Morgan fingerprint density at radius 1 is 1.38 bits per heavy atom. The Morgan fingerprint density at radius 3 is 3.00 bits per heavy atom. The third kappa shape index (κ3) is 1.34. The molecule has 0 saturated carbocycles. The first-order valence-corrected chi connectivity index (χ1v) is 6.23. The molecule has 3 heteroatoms. The maximum absolute atomic E-state index is 4.79. The van der Waals surface area contributed by atoms with Crippen molar-refractivity contribution in [1.29, 1.82) is 0 Å². The molecule has 86 valence electrons. The summed E-state index contributed by atoms with van der Waals surface area (Å²) in [6.45, 7) is 0. The van der Waals surface area contributed by atoms with Crippen LogP contribution in [0, 0.1) is 0 Å². The molecule has 1 aliphatic carbocycles. The fraction of sp³-hybridized carbons (Fsp3) is 0.615. The molecular weight excluding hydrogens is 198 g/mol. The standard InChI is InChI=1S/C13H19N3/c1-14-12-8-7-10-9-5-3-4-6-11(9)16(2)13(10)15-12/h7,12,14H,3-6,8H2,1-2H3. The molecule has 0 radical (unpaired) electrons. The van der Waals surface area contributed by atoms with Crippen LogP contribution in [0.15, 0.2) is 4.99 Å². The van der Waals surface area contributed by atoms with Gasteiger partial charge < -0.3 is 4.57 Å². The molecule has 1 unspecified atom stereocenters. The van der Waals surface area contributed by atoms with E-state index in [9.17, 15) is 0 Å². The van der Waals surface area contributed by atoms with Crippen LogP contribution in [0.1, 0.15) is 30.5 Å². The molecular formula is C13H19N3. The molecule has 0 aromatic carbocycles. The highest BCUT2D eigenvalue weighted by Gasteiger charge is 2.19. The minimum Gasteiger partial charge on any atom is -0.333 e. The van der Waals surface area contributed by atoms with Crippen LogP contribution in [0.5, 0.6) is 0 Å². The molecule has 2 heterocycles. The first kappa shape index (κ1) is 10.1. The van der Waals surface area contributed by atoms with Crippen LogP contribution >= 0.6 is 0 Å². The predicted molar refractivity (Wildman–Crippen MR) is 64.8 cm³/mol. The van der Waals surface area contributed by atoms with Crippen molar-refractivity contribution in [3.63, 3.8) is 0 Å². The second-order valence-corrected chi connectivity index (χ2v) is 4.80. The molecule has 1 N–H and O–H groups in total. The Hall–Kier alpha value is -1.09. The molecule has 2 aliphatic rings. The van der Waals surface area contributed by atoms with Crippen LogP contribution in [0.2, 0.25) is 0 Å². The molecule has 3 nitrogen and oxygen atoms in total. The highest BCUT2D eigenvalue weighted by atomic mass is 15.1. The number of fused-ring (bicyclic) bond motifs is 3. The van der Waals surface area contributed by atoms with Crippen molar-refractivity contribution in [3.05, 3.63) is 22.0 Å². The van der Waals surface area contributed by atoms with E-state index in [1.54, 1.807) is 5.56 Å². The maximum Gasteiger partial charge on any atom is 0.136 e. The van der Waals surface area contributed by atoms with Crippen molar-refractivity contribution < 1.29 is 0 Å². The Bertz CT molecular complexity index is 524. The minimum atomic E-state index is 0.266. The van der Waals surface area contributed by atoms with E-state index in [-0.39, 0.29) is 6.17 Å². The van der Waals surface area contributed by atoms with Gasteiger partial charge in [-0.25, -0.2) is 4.99 Å². The number of hydrogen-bond acceptors (Lipinski definition) is 2. The van der Waals surface area contributed by atoms with Crippen molar-refractivity contribution in [1.82, 2.24) is 9.88 Å². The summed E-state index contributed by atoms with van der Waals surface area (Å²) in [6, 6.07) is 0. The number of aromatic nitrogens is 1. The number of rotatable bonds is 1. The van der Waals surface area contributed by atoms with Gasteiger partial charge in [0.1, 0.15) is 11.7 Å². The Morgan fingerprint density at radius 2 is 2.19 bits per heavy atom. The smallest absolute Gasteiger partial charge is 0.136 e. The van der Waals surface area contributed by atoms with Gasteiger partial charge in [-0.3, -0.25) is 5.32 Å². The van der Waals surface area contributed by atoms with Crippen molar-refractivity contribution in [2.45, 2.75) is 38.3 Å². The fourth-order valence-electron chi connectivity index (χ4n) is 2.98. The Labute approximate surface area is 95.9 Å². The van der Waals surface area contributed by atoms with E-state index in [0.717, 1.165) is 6.42 Å². The van der Waals surface area contributed by atoms with Gasteiger partial charge in [0, 0.05) is 24.4 Å². The maximum atomic E-state index is 4.79. The normalized spacial score (nSPS) is 23.0. The Balaban J connectivity index is 2.26. The van der Waals surface area contributed by atoms with E-state index in [2.05, 4.69) is 23.0 Å². The van der Waals surface area contributed by atoms with Crippen LogP contribution in [-0.2, 0) is 19.9 Å². The zero-order chi connectivity index (χ0) is 11.1. The molecule has 1 aliphatic heterocycles. The molecule has 16 heavy (non-hydrogen) atoms. The second kappa shape index (κ2) is 3.74. The molecule has 0 bridgehead atoms. The fourth-order valence-corrected chi connectivity index (χ4v) is 2.98. The quantitative estimate of drug-likeness (QED) is 0.718. The first-order valence-electron chi connectivity index (χ1n) is 6.23. The third-order valence-corrected chi connectivity index (χ3v) is 3.88. The van der Waals surface area contributed by atoms with Crippen molar-refractivity contribution in [2.75, 3.05) is 7.05 Å². The van der Waals surface area contributed by atoms with Crippen molar-refractivity contribution in [3.8, 4) is 0 Å². The van der Waals surface area contributed by atoms with E-state index in [1.165, 1.54) is 42.1 Å². The van der Waals surface area contributed by atoms with E-state index >= 15 is 0 Å². The van der Waals surface area contributed by atoms with Crippen molar-refractivity contribution in [2.24, 2.45) is 12.0 Å². The summed E-state index contributed by atoms with van der Waals surface area (Å²) in [4.78, 5) is 4.79. The highest BCUT2D eigenvalue weighted by Crippen LogP contribution is 2.17. The van der Waals surface area contributed by atoms with E-state index < -0.39 is 0 Å². The summed E-state index contributed by atoms with van der Waals surface area (Å²) >= 11 is 0. The molecule has 0 amide bonds. The largest absolute Gasteiger partial charge is 0.333 e. The van der Waals surface area contributed by atoms with Gasteiger partial charge in [-0.05, 0) is 38.3 Å². The summed E-state index contributed by atoms with van der Waals surface area (Å²) < 4.78 is 2.31. The topological polar surface area (TPSA) is 29.3 Å². The van der Waals surface area contributed by atoms with Crippen LogP contribution in [0.4, 0.5) is 0 Å². The molecule has 1 atom stereocenters. The molecule has 1 aromatic rings. The van der Waals surface area contributed by atoms with E-state index in [1.807, 2.05) is 7.05 Å².